The van der Waals surface area contributed by atoms with Crippen molar-refractivity contribution < 1.29 is 9.90 Å². The molecular formula is C15H23NO2S. The van der Waals surface area contributed by atoms with E-state index >= 15 is 0 Å². The molecule has 0 spiro atoms. The Hall–Kier alpha value is -1.29. The van der Waals surface area contributed by atoms with Gasteiger partial charge in [-0.15, -0.1) is 11.8 Å². The Morgan fingerprint density at radius 1 is 1.26 bits per heavy atom. The zero-order valence-corrected chi connectivity index (χ0v) is 13.2. The molecular weight excluding hydrogens is 258 g/mol. The fraction of sp³-hybridized carbons (Fsp3) is 0.467. The lowest BCUT2D eigenvalue weighted by Gasteiger charge is -2.02. The average molecular weight is 281 g/mol. The molecule has 0 aliphatic carbocycles. The zero-order valence-electron chi connectivity index (χ0n) is 12.4. The summed E-state index contributed by atoms with van der Waals surface area (Å²) in [7, 11) is 0. The summed E-state index contributed by atoms with van der Waals surface area (Å²) in [6.07, 6.45) is 8.60. The summed E-state index contributed by atoms with van der Waals surface area (Å²) in [6, 6.07) is 0. The Balaban J connectivity index is 5.02. The quantitative estimate of drug-likeness (QED) is 0.325. The van der Waals surface area contributed by atoms with Crippen LogP contribution in [0.5, 0.6) is 0 Å². The zero-order chi connectivity index (χ0) is 14.8. The minimum Gasteiger partial charge on any atom is -0.512 e. The molecule has 0 aliphatic rings. The van der Waals surface area contributed by atoms with Crippen molar-refractivity contribution in [1.82, 2.24) is 0 Å². The number of hydrogen-bond acceptors (Lipinski definition) is 4. The number of aliphatic hydroxyl groups is 1. The van der Waals surface area contributed by atoms with Gasteiger partial charge in [-0.1, -0.05) is 13.0 Å². The van der Waals surface area contributed by atoms with Gasteiger partial charge in [0.25, 0.3) is 0 Å². The van der Waals surface area contributed by atoms with Crippen molar-refractivity contribution in [3.63, 3.8) is 0 Å². The molecule has 0 rings (SSSR count). The molecule has 0 atom stereocenters. The molecule has 0 amide bonds. The third kappa shape index (κ3) is 7.67. The fourth-order valence-electron chi connectivity index (χ4n) is 1.26. The average Bonchev–Trinajstić information content (AvgIpc) is 2.35. The van der Waals surface area contributed by atoms with E-state index in [1.807, 2.05) is 39.2 Å². The monoisotopic (exact) mass is 281 g/mol. The predicted molar refractivity (Wildman–Crippen MR) is 84.8 cm³/mol. The molecule has 3 nitrogen and oxygen atoms in total. The molecule has 1 N–H and O–H groups in total. The van der Waals surface area contributed by atoms with Crippen molar-refractivity contribution in [2.45, 2.75) is 40.5 Å². The maximum absolute atomic E-state index is 11.4. The van der Waals surface area contributed by atoms with Crippen LogP contribution >= 0.6 is 11.8 Å². The number of hydrogen-bond donors (Lipinski definition) is 1. The second kappa shape index (κ2) is 9.62. The lowest BCUT2D eigenvalue weighted by Crippen LogP contribution is -2.03. The molecule has 0 saturated carbocycles. The number of ketones is 1. The van der Waals surface area contributed by atoms with Gasteiger partial charge in [-0.05, 0) is 44.4 Å². The van der Waals surface area contributed by atoms with Crippen LogP contribution in [-0.4, -0.2) is 23.4 Å². The first kappa shape index (κ1) is 17.7. The molecule has 0 aliphatic heterocycles. The molecule has 0 bridgehead atoms. The summed E-state index contributed by atoms with van der Waals surface area (Å²) in [5.41, 5.74) is 1.08. The molecule has 0 heterocycles. The van der Waals surface area contributed by atoms with Crippen LogP contribution in [0.3, 0.4) is 0 Å². The Labute approximate surface area is 120 Å². The van der Waals surface area contributed by atoms with E-state index in [1.165, 1.54) is 18.0 Å². The van der Waals surface area contributed by atoms with E-state index in [4.69, 9.17) is 0 Å². The van der Waals surface area contributed by atoms with Gasteiger partial charge in [0.1, 0.15) is 5.76 Å². The van der Waals surface area contributed by atoms with Crippen molar-refractivity contribution >= 4 is 23.8 Å². The highest BCUT2D eigenvalue weighted by molar-refractivity contribution is 8.02. The van der Waals surface area contributed by atoms with Gasteiger partial charge in [-0.2, -0.15) is 0 Å². The van der Waals surface area contributed by atoms with E-state index in [0.29, 0.717) is 12.0 Å². The Bertz CT molecular complexity index is 431. The topological polar surface area (TPSA) is 49.7 Å². The van der Waals surface area contributed by atoms with Crippen LogP contribution in [-0.2, 0) is 4.79 Å². The minimum absolute atomic E-state index is 0.113. The van der Waals surface area contributed by atoms with E-state index in [-0.39, 0.29) is 11.5 Å². The third-order valence-electron chi connectivity index (χ3n) is 2.46. The summed E-state index contributed by atoms with van der Waals surface area (Å²) in [5, 5.41) is 9.78. The molecule has 0 unspecified atom stereocenters. The van der Waals surface area contributed by atoms with Gasteiger partial charge in [0, 0.05) is 18.3 Å². The molecule has 0 fully saturated rings. The summed E-state index contributed by atoms with van der Waals surface area (Å²) in [5.74, 6) is -0.0549. The first-order chi connectivity index (χ1) is 8.92. The molecule has 106 valence electrons. The summed E-state index contributed by atoms with van der Waals surface area (Å²) in [4.78, 5) is 16.8. The maximum atomic E-state index is 11.4. The standard InChI is InChI=1S/C15H23NO2S/c1-6-7-15(18)14(13(4)17)10-16-11(2)8-9-12(3)19-5/h8-10,18H,6-7H2,1-5H3/b11-8+,12-9+,15-14?,16-10?. The van der Waals surface area contributed by atoms with Gasteiger partial charge < -0.3 is 5.11 Å². The summed E-state index contributed by atoms with van der Waals surface area (Å²) in [6.45, 7) is 7.26. The molecule has 4 heteroatoms. The van der Waals surface area contributed by atoms with Crippen molar-refractivity contribution in [2.24, 2.45) is 4.99 Å². The molecule has 0 radical (unpaired) electrons. The summed E-state index contributed by atoms with van der Waals surface area (Å²) >= 11 is 1.67. The van der Waals surface area contributed by atoms with E-state index in [9.17, 15) is 9.90 Å². The maximum Gasteiger partial charge on any atom is 0.164 e. The van der Waals surface area contributed by atoms with E-state index in [1.54, 1.807) is 11.8 Å². The normalized spacial score (nSPS) is 14.8. The van der Waals surface area contributed by atoms with Crippen molar-refractivity contribution in [3.8, 4) is 0 Å². The number of allylic oxidation sites excluding steroid dienone is 6. The highest BCUT2D eigenvalue weighted by atomic mass is 32.2. The van der Waals surface area contributed by atoms with Gasteiger partial charge in [0.05, 0.1) is 5.57 Å². The number of aliphatic hydroxyl groups excluding tert-OH is 1. The van der Waals surface area contributed by atoms with E-state index < -0.39 is 0 Å². The molecule has 0 aromatic carbocycles. The van der Waals surface area contributed by atoms with Crippen LogP contribution in [0.2, 0.25) is 0 Å². The number of Topliss-reactive ketones (excluding diaryl/α,β-unsaturated/α-hetero) is 1. The Kier molecular flexibility index (Phi) is 8.96. The molecule has 0 aromatic heterocycles. The van der Waals surface area contributed by atoms with Crippen LogP contribution < -0.4 is 0 Å². The number of aliphatic imine (C=N–C) groups is 1. The first-order valence-electron chi connectivity index (χ1n) is 6.28. The van der Waals surface area contributed by atoms with Crippen LogP contribution in [0.4, 0.5) is 0 Å². The molecule has 19 heavy (non-hydrogen) atoms. The van der Waals surface area contributed by atoms with Crippen LogP contribution in [0.15, 0.2) is 39.1 Å². The highest BCUT2D eigenvalue weighted by Crippen LogP contribution is 2.11. The smallest absolute Gasteiger partial charge is 0.164 e. The van der Waals surface area contributed by atoms with Gasteiger partial charge in [-0.25, -0.2) is 0 Å². The minimum atomic E-state index is -0.168. The summed E-state index contributed by atoms with van der Waals surface area (Å²) < 4.78 is 0. The second-order valence-corrected chi connectivity index (χ2v) is 5.27. The van der Waals surface area contributed by atoms with Crippen LogP contribution in [0, 0.1) is 0 Å². The van der Waals surface area contributed by atoms with Crippen molar-refractivity contribution in [1.29, 1.82) is 0 Å². The lowest BCUT2D eigenvalue weighted by atomic mass is 10.1. The number of carbonyl (C=O) groups is 1. The Morgan fingerprint density at radius 3 is 2.37 bits per heavy atom. The Morgan fingerprint density at radius 2 is 1.89 bits per heavy atom. The van der Waals surface area contributed by atoms with Crippen molar-refractivity contribution in [2.75, 3.05) is 6.26 Å². The fourth-order valence-corrected chi connectivity index (χ4v) is 1.46. The van der Waals surface area contributed by atoms with E-state index in [0.717, 1.165) is 12.1 Å². The van der Waals surface area contributed by atoms with Gasteiger partial charge >= 0.3 is 0 Å². The lowest BCUT2D eigenvalue weighted by molar-refractivity contribution is -0.113. The number of nitrogens with zero attached hydrogens (tertiary/aromatic N) is 1. The van der Waals surface area contributed by atoms with Crippen LogP contribution in [0.1, 0.15) is 40.5 Å². The van der Waals surface area contributed by atoms with Gasteiger partial charge in [0.2, 0.25) is 0 Å². The number of rotatable bonds is 7. The highest BCUT2D eigenvalue weighted by Gasteiger charge is 2.07. The third-order valence-corrected chi connectivity index (χ3v) is 3.24. The number of carbonyl (C=O) groups excluding carboxylic acids is 1. The number of thioether (sulfide) groups is 1. The van der Waals surface area contributed by atoms with Gasteiger partial charge in [0.15, 0.2) is 5.78 Å². The SMILES string of the molecule is CCCC(O)=C(C=N/C(C)=C/C=C(\C)SC)C(C)=O. The first-order valence-corrected chi connectivity index (χ1v) is 7.51. The van der Waals surface area contributed by atoms with Crippen molar-refractivity contribution in [3.05, 3.63) is 34.1 Å². The predicted octanol–water partition coefficient (Wildman–Crippen LogP) is 4.43. The van der Waals surface area contributed by atoms with E-state index in [2.05, 4.69) is 4.99 Å². The second-order valence-electron chi connectivity index (χ2n) is 4.21. The molecule has 0 saturated heterocycles. The van der Waals surface area contributed by atoms with Gasteiger partial charge in [-0.3, -0.25) is 9.79 Å². The van der Waals surface area contributed by atoms with Crippen LogP contribution in [0.25, 0.3) is 0 Å². The largest absolute Gasteiger partial charge is 0.512 e. The molecule has 0 aromatic rings.